The molecule has 0 aromatic carbocycles. The first-order valence-corrected chi connectivity index (χ1v) is 5.53. The van der Waals surface area contributed by atoms with Crippen molar-refractivity contribution < 1.29 is 4.79 Å². The van der Waals surface area contributed by atoms with Gasteiger partial charge in [0.1, 0.15) is 5.65 Å². The molecule has 4 nitrogen and oxygen atoms in total. The molecule has 0 radical (unpaired) electrons. The van der Waals surface area contributed by atoms with Gasteiger partial charge in [-0.15, -0.1) is 0 Å². The van der Waals surface area contributed by atoms with E-state index in [2.05, 4.69) is 25.9 Å². The minimum Gasteiger partial charge on any atom is -0.369 e. The molecular weight excluding hydrogens is 270 g/mol. The van der Waals surface area contributed by atoms with Crippen LogP contribution in [0.5, 0.6) is 0 Å². The number of halogens is 1. The molecule has 0 bridgehead atoms. The highest BCUT2D eigenvalue weighted by Gasteiger charge is 2.02. The average Bonchev–Trinajstić information content (AvgIpc) is 2.60. The van der Waals surface area contributed by atoms with Gasteiger partial charge < -0.3 is 10.7 Å². The van der Waals surface area contributed by atoms with E-state index in [1.54, 1.807) is 12.3 Å². The zero-order valence-electron chi connectivity index (χ0n) is 8.40. The standard InChI is InChI=1S/C11H10BrN3O/c12-8-4-9-7(2-1-3-10(13)16)5-14-11(9)15-6-8/h1-2,4-6H,3H2,(H2,13,16)(H,14,15). The van der Waals surface area contributed by atoms with Crippen LogP contribution in [0.25, 0.3) is 17.1 Å². The molecule has 0 saturated heterocycles. The summed E-state index contributed by atoms with van der Waals surface area (Å²) in [6.45, 7) is 0. The summed E-state index contributed by atoms with van der Waals surface area (Å²) in [5.41, 5.74) is 6.86. The third kappa shape index (κ3) is 2.30. The van der Waals surface area contributed by atoms with Crippen LogP contribution < -0.4 is 5.73 Å². The van der Waals surface area contributed by atoms with E-state index in [1.165, 1.54) is 0 Å². The molecule has 0 spiro atoms. The van der Waals surface area contributed by atoms with E-state index < -0.39 is 0 Å². The number of hydrogen-bond acceptors (Lipinski definition) is 2. The minimum absolute atomic E-state index is 0.244. The molecule has 0 saturated carbocycles. The maximum Gasteiger partial charge on any atom is 0.221 e. The van der Waals surface area contributed by atoms with Crippen molar-refractivity contribution in [2.45, 2.75) is 6.42 Å². The molecule has 0 aliphatic heterocycles. The van der Waals surface area contributed by atoms with Crippen LogP contribution in [0.2, 0.25) is 0 Å². The Labute approximate surface area is 101 Å². The first kappa shape index (κ1) is 10.9. The highest BCUT2D eigenvalue weighted by molar-refractivity contribution is 9.10. The number of aromatic nitrogens is 2. The van der Waals surface area contributed by atoms with Crippen molar-refractivity contribution in [2.24, 2.45) is 5.73 Å². The van der Waals surface area contributed by atoms with Crippen LogP contribution in [-0.4, -0.2) is 15.9 Å². The lowest BCUT2D eigenvalue weighted by Crippen LogP contribution is -2.07. The van der Waals surface area contributed by atoms with Crippen molar-refractivity contribution in [1.82, 2.24) is 9.97 Å². The van der Waals surface area contributed by atoms with E-state index in [1.807, 2.05) is 18.3 Å². The fourth-order valence-corrected chi connectivity index (χ4v) is 1.77. The van der Waals surface area contributed by atoms with Gasteiger partial charge in [-0.3, -0.25) is 4.79 Å². The largest absolute Gasteiger partial charge is 0.369 e. The van der Waals surface area contributed by atoms with Gasteiger partial charge in [0.15, 0.2) is 0 Å². The summed E-state index contributed by atoms with van der Waals surface area (Å²) in [7, 11) is 0. The zero-order chi connectivity index (χ0) is 11.5. The van der Waals surface area contributed by atoms with Crippen molar-refractivity contribution in [3.05, 3.63) is 34.6 Å². The van der Waals surface area contributed by atoms with E-state index in [0.717, 1.165) is 21.1 Å². The third-order valence-electron chi connectivity index (χ3n) is 2.15. The molecular formula is C11H10BrN3O. The lowest BCUT2D eigenvalue weighted by molar-refractivity contribution is -0.117. The van der Waals surface area contributed by atoms with Crippen molar-refractivity contribution in [2.75, 3.05) is 0 Å². The zero-order valence-corrected chi connectivity index (χ0v) is 9.99. The molecule has 0 atom stereocenters. The number of hydrogen-bond donors (Lipinski definition) is 2. The van der Waals surface area contributed by atoms with Gasteiger partial charge in [0.2, 0.25) is 5.91 Å². The van der Waals surface area contributed by atoms with E-state index in [0.29, 0.717) is 0 Å². The topological polar surface area (TPSA) is 71.8 Å². The van der Waals surface area contributed by atoms with Crippen molar-refractivity contribution in [3.63, 3.8) is 0 Å². The second-order valence-electron chi connectivity index (χ2n) is 3.37. The molecule has 2 aromatic heterocycles. The van der Waals surface area contributed by atoms with Gasteiger partial charge in [-0.05, 0) is 22.0 Å². The van der Waals surface area contributed by atoms with Gasteiger partial charge in [-0.25, -0.2) is 4.98 Å². The van der Waals surface area contributed by atoms with Crippen LogP contribution in [0, 0.1) is 0 Å². The van der Waals surface area contributed by atoms with Crippen LogP contribution in [0.1, 0.15) is 12.0 Å². The van der Waals surface area contributed by atoms with Crippen molar-refractivity contribution in [1.29, 1.82) is 0 Å². The number of aromatic amines is 1. The van der Waals surface area contributed by atoms with Crippen LogP contribution in [0.4, 0.5) is 0 Å². The average molecular weight is 280 g/mol. The van der Waals surface area contributed by atoms with Gasteiger partial charge in [-0.2, -0.15) is 0 Å². The lowest BCUT2D eigenvalue weighted by Gasteiger charge is -1.92. The van der Waals surface area contributed by atoms with E-state index in [-0.39, 0.29) is 12.3 Å². The number of pyridine rings is 1. The summed E-state index contributed by atoms with van der Waals surface area (Å²) < 4.78 is 0.921. The Morgan fingerprint density at radius 2 is 2.44 bits per heavy atom. The second kappa shape index (κ2) is 4.49. The number of nitrogens with one attached hydrogen (secondary N) is 1. The first-order valence-electron chi connectivity index (χ1n) is 4.74. The number of rotatable bonds is 3. The molecule has 0 aliphatic carbocycles. The Morgan fingerprint density at radius 1 is 1.62 bits per heavy atom. The SMILES string of the molecule is NC(=O)CC=Cc1c[nH]c2ncc(Br)cc12. The van der Waals surface area contributed by atoms with Crippen LogP contribution in [0.3, 0.4) is 0 Å². The molecule has 2 heterocycles. The second-order valence-corrected chi connectivity index (χ2v) is 4.28. The van der Waals surface area contributed by atoms with Crippen LogP contribution in [-0.2, 0) is 4.79 Å². The molecule has 2 rings (SSSR count). The Kier molecular flexibility index (Phi) is 3.05. The predicted octanol–water partition coefficient (Wildman–Crippen LogP) is 2.21. The lowest BCUT2D eigenvalue weighted by atomic mass is 10.2. The highest BCUT2D eigenvalue weighted by atomic mass is 79.9. The van der Waals surface area contributed by atoms with Gasteiger partial charge >= 0.3 is 0 Å². The maximum atomic E-state index is 10.6. The molecule has 1 amide bonds. The Morgan fingerprint density at radius 3 is 3.19 bits per heavy atom. The van der Waals surface area contributed by atoms with Crippen molar-refractivity contribution >= 4 is 38.9 Å². The van der Waals surface area contributed by atoms with E-state index in [9.17, 15) is 4.79 Å². The molecule has 16 heavy (non-hydrogen) atoms. The molecule has 0 aliphatic rings. The molecule has 82 valence electrons. The van der Waals surface area contributed by atoms with Crippen molar-refractivity contribution in [3.8, 4) is 0 Å². The number of amides is 1. The summed E-state index contributed by atoms with van der Waals surface area (Å²) in [5, 5.41) is 1.01. The quantitative estimate of drug-likeness (QED) is 0.904. The number of fused-ring (bicyclic) bond motifs is 1. The van der Waals surface area contributed by atoms with E-state index >= 15 is 0 Å². The smallest absolute Gasteiger partial charge is 0.221 e. The Bertz CT molecular complexity index is 559. The molecule has 0 unspecified atom stereocenters. The summed E-state index contributed by atoms with van der Waals surface area (Å²) in [6, 6.07) is 1.97. The molecule has 5 heteroatoms. The fourth-order valence-electron chi connectivity index (χ4n) is 1.44. The van der Waals surface area contributed by atoms with Gasteiger partial charge in [0.25, 0.3) is 0 Å². The highest BCUT2D eigenvalue weighted by Crippen LogP contribution is 2.21. The molecule has 3 N–H and O–H groups in total. The normalized spacial score (nSPS) is 11.3. The number of carbonyl (C=O) groups is 1. The maximum absolute atomic E-state index is 10.6. The summed E-state index contributed by atoms with van der Waals surface area (Å²) in [6.07, 6.45) is 7.43. The number of H-pyrrole nitrogens is 1. The molecule has 2 aromatic rings. The minimum atomic E-state index is -0.338. The Balaban J connectivity index is 2.34. The number of nitrogens with two attached hydrogens (primary N) is 1. The summed E-state index contributed by atoms with van der Waals surface area (Å²) >= 11 is 3.37. The predicted molar refractivity (Wildman–Crippen MR) is 66.6 cm³/mol. The van der Waals surface area contributed by atoms with Crippen LogP contribution >= 0.6 is 15.9 Å². The van der Waals surface area contributed by atoms with Gasteiger partial charge in [-0.1, -0.05) is 12.2 Å². The fraction of sp³-hybridized carbons (Fsp3) is 0.0909. The van der Waals surface area contributed by atoms with Gasteiger partial charge in [0.05, 0.1) is 0 Å². The summed E-state index contributed by atoms with van der Waals surface area (Å²) in [4.78, 5) is 17.9. The summed E-state index contributed by atoms with van der Waals surface area (Å²) in [5.74, 6) is -0.338. The monoisotopic (exact) mass is 279 g/mol. The number of nitrogens with zero attached hydrogens (tertiary/aromatic N) is 1. The first-order chi connectivity index (χ1) is 7.66. The number of carbonyl (C=O) groups excluding carboxylic acids is 1. The Hall–Kier alpha value is -1.62. The molecule has 0 fully saturated rings. The van der Waals surface area contributed by atoms with Crippen LogP contribution in [0.15, 0.2) is 29.0 Å². The number of primary amides is 1. The van der Waals surface area contributed by atoms with Gasteiger partial charge in [0, 0.05) is 34.2 Å². The third-order valence-corrected chi connectivity index (χ3v) is 2.58. The van der Waals surface area contributed by atoms with E-state index in [4.69, 9.17) is 5.73 Å².